The summed E-state index contributed by atoms with van der Waals surface area (Å²) in [4.78, 5) is 20.2. The monoisotopic (exact) mass is 251 g/mol. The van der Waals surface area contributed by atoms with Crippen molar-refractivity contribution in [2.75, 3.05) is 39.8 Å². The van der Waals surface area contributed by atoms with Crippen molar-refractivity contribution in [2.45, 2.75) is 6.54 Å². The number of likely N-dealkylation sites (N-methyl/N-ethyl adjacent to an activating group) is 1. The number of carbonyl (C=O) groups is 1. The van der Waals surface area contributed by atoms with Gasteiger partial charge in [0.05, 0.1) is 13.1 Å². The van der Waals surface area contributed by atoms with Gasteiger partial charge in [0.25, 0.3) is 0 Å². The first-order valence-electron chi connectivity index (χ1n) is 6.30. The Morgan fingerprint density at radius 2 is 2.22 bits per heavy atom. The first-order chi connectivity index (χ1) is 8.66. The molecule has 1 aromatic heterocycles. The fourth-order valence-electron chi connectivity index (χ4n) is 2.03. The molecule has 0 saturated carbocycles. The number of amides is 1. The van der Waals surface area contributed by atoms with Gasteiger partial charge in [0.1, 0.15) is 5.82 Å². The van der Waals surface area contributed by atoms with Gasteiger partial charge in [-0.2, -0.15) is 0 Å². The number of piperazine rings is 1. The third-order valence-electron chi connectivity index (χ3n) is 3.29. The molecule has 18 heavy (non-hydrogen) atoms. The molecular weight excluding hydrogens is 230 g/mol. The Kier molecular flexibility index (Phi) is 4.33. The zero-order chi connectivity index (χ0) is 13.0. The molecule has 0 atom stereocenters. The van der Waals surface area contributed by atoms with Gasteiger partial charge in [0.15, 0.2) is 0 Å². The third kappa shape index (κ3) is 3.30. The van der Waals surface area contributed by atoms with Crippen molar-refractivity contribution in [3.8, 4) is 0 Å². The van der Waals surface area contributed by atoms with E-state index < -0.39 is 0 Å². The Labute approximate surface area is 108 Å². The van der Waals surface area contributed by atoms with E-state index in [1.807, 2.05) is 24.9 Å². The Bertz CT molecular complexity index is 397. The van der Waals surface area contributed by atoms with Crippen molar-refractivity contribution >= 4 is 5.91 Å². The Balaban J connectivity index is 1.83. The minimum Gasteiger partial charge on any atom is -0.337 e. The number of aromatic nitrogens is 2. The molecule has 6 nitrogen and oxygen atoms in total. The molecule has 1 fully saturated rings. The number of imidazole rings is 1. The van der Waals surface area contributed by atoms with Gasteiger partial charge in [-0.25, -0.2) is 4.98 Å². The van der Waals surface area contributed by atoms with Crippen molar-refractivity contribution in [3.63, 3.8) is 0 Å². The van der Waals surface area contributed by atoms with Crippen LogP contribution in [0.1, 0.15) is 5.82 Å². The highest BCUT2D eigenvalue weighted by Gasteiger charge is 2.17. The summed E-state index contributed by atoms with van der Waals surface area (Å²) < 4.78 is 1.94. The van der Waals surface area contributed by atoms with E-state index in [1.54, 1.807) is 11.1 Å². The lowest BCUT2D eigenvalue weighted by atomic mass is 10.3. The lowest BCUT2D eigenvalue weighted by Gasteiger charge is -2.28. The van der Waals surface area contributed by atoms with Crippen molar-refractivity contribution < 1.29 is 4.79 Å². The largest absolute Gasteiger partial charge is 0.337 e. The van der Waals surface area contributed by atoms with Crippen LogP contribution in [0.25, 0.3) is 0 Å². The maximum atomic E-state index is 12.1. The first-order valence-corrected chi connectivity index (χ1v) is 6.30. The van der Waals surface area contributed by atoms with E-state index >= 15 is 0 Å². The second kappa shape index (κ2) is 5.97. The number of hydrogen-bond donors (Lipinski definition) is 1. The highest BCUT2D eigenvalue weighted by atomic mass is 16.2. The van der Waals surface area contributed by atoms with E-state index in [0.717, 1.165) is 32.0 Å². The smallest absolute Gasteiger partial charge is 0.236 e. The summed E-state index contributed by atoms with van der Waals surface area (Å²) in [5.74, 6) is 1.06. The second-order valence-corrected chi connectivity index (χ2v) is 4.73. The molecule has 1 aromatic rings. The van der Waals surface area contributed by atoms with Crippen LogP contribution in [0.5, 0.6) is 0 Å². The first kappa shape index (κ1) is 13.0. The molecule has 1 amide bonds. The summed E-state index contributed by atoms with van der Waals surface area (Å²) in [7, 11) is 3.77. The highest BCUT2D eigenvalue weighted by molar-refractivity contribution is 5.77. The van der Waals surface area contributed by atoms with Crippen LogP contribution < -0.4 is 5.32 Å². The molecule has 6 heteroatoms. The molecule has 0 unspecified atom stereocenters. The third-order valence-corrected chi connectivity index (χ3v) is 3.29. The highest BCUT2D eigenvalue weighted by Crippen LogP contribution is 2.01. The topological polar surface area (TPSA) is 53.4 Å². The summed E-state index contributed by atoms with van der Waals surface area (Å²) in [6.45, 7) is 4.90. The van der Waals surface area contributed by atoms with Crippen LogP contribution in [0, 0.1) is 0 Å². The molecule has 0 radical (unpaired) electrons. The van der Waals surface area contributed by atoms with Gasteiger partial charge in [0, 0.05) is 52.7 Å². The van der Waals surface area contributed by atoms with Gasteiger partial charge in [-0.3, -0.25) is 9.69 Å². The minimum atomic E-state index is 0.153. The predicted octanol–water partition coefficient (Wildman–Crippen LogP) is -0.716. The summed E-state index contributed by atoms with van der Waals surface area (Å²) in [6.07, 6.45) is 3.65. The molecule has 100 valence electrons. The Morgan fingerprint density at radius 1 is 1.50 bits per heavy atom. The van der Waals surface area contributed by atoms with E-state index in [9.17, 15) is 4.79 Å². The van der Waals surface area contributed by atoms with Crippen molar-refractivity contribution in [2.24, 2.45) is 7.05 Å². The maximum Gasteiger partial charge on any atom is 0.236 e. The normalized spacial score (nSPS) is 16.8. The van der Waals surface area contributed by atoms with Gasteiger partial charge in [0.2, 0.25) is 5.91 Å². The summed E-state index contributed by atoms with van der Waals surface area (Å²) in [6, 6.07) is 0. The van der Waals surface area contributed by atoms with Gasteiger partial charge >= 0.3 is 0 Å². The SMILES string of the molecule is CN(Cc1nccn1C)C(=O)CN1CCNCC1. The van der Waals surface area contributed by atoms with E-state index in [4.69, 9.17) is 0 Å². The fraction of sp³-hybridized carbons (Fsp3) is 0.667. The molecule has 0 aromatic carbocycles. The minimum absolute atomic E-state index is 0.153. The second-order valence-electron chi connectivity index (χ2n) is 4.73. The fourth-order valence-corrected chi connectivity index (χ4v) is 2.03. The molecule has 0 spiro atoms. The van der Waals surface area contributed by atoms with Crippen LogP contribution in [-0.4, -0.2) is 65.0 Å². The van der Waals surface area contributed by atoms with Crippen LogP contribution in [0.15, 0.2) is 12.4 Å². The quantitative estimate of drug-likeness (QED) is 0.767. The predicted molar refractivity (Wildman–Crippen MR) is 69.0 cm³/mol. The van der Waals surface area contributed by atoms with E-state index in [0.29, 0.717) is 13.1 Å². The number of rotatable bonds is 4. The van der Waals surface area contributed by atoms with E-state index in [-0.39, 0.29) is 5.91 Å². The summed E-state index contributed by atoms with van der Waals surface area (Å²) in [5, 5.41) is 3.28. The molecule has 2 rings (SSSR count). The molecule has 2 heterocycles. The molecule has 1 saturated heterocycles. The molecule has 1 aliphatic heterocycles. The zero-order valence-corrected chi connectivity index (χ0v) is 11.1. The number of aryl methyl sites for hydroxylation is 1. The summed E-state index contributed by atoms with van der Waals surface area (Å²) >= 11 is 0. The summed E-state index contributed by atoms with van der Waals surface area (Å²) in [5.41, 5.74) is 0. The van der Waals surface area contributed by atoms with Crippen LogP contribution in [0.4, 0.5) is 0 Å². The van der Waals surface area contributed by atoms with Crippen LogP contribution in [0.2, 0.25) is 0 Å². The standard InChI is InChI=1S/C12H21N5O/c1-15-6-5-14-11(15)9-16(2)12(18)10-17-7-3-13-4-8-17/h5-6,13H,3-4,7-10H2,1-2H3. The lowest BCUT2D eigenvalue weighted by Crippen LogP contribution is -2.47. The van der Waals surface area contributed by atoms with Crippen LogP contribution in [-0.2, 0) is 18.4 Å². The number of carbonyl (C=O) groups excluding carboxylic acids is 1. The lowest BCUT2D eigenvalue weighted by molar-refractivity contribution is -0.131. The van der Waals surface area contributed by atoms with Crippen LogP contribution >= 0.6 is 0 Å². The van der Waals surface area contributed by atoms with Crippen LogP contribution in [0.3, 0.4) is 0 Å². The van der Waals surface area contributed by atoms with Crippen molar-refractivity contribution in [1.29, 1.82) is 0 Å². The average molecular weight is 251 g/mol. The molecule has 1 N–H and O–H groups in total. The zero-order valence-electron chi connectivity index (χ0n) is 11.1. The van der Waals surface area contributed by atoms with Gasteiger partial charge < -0.3 is 14.8 Å². The van der Waals surface area contributed by atoms with E-state index in [1.165, 1.54) is 0 Å². The number of nitrogens with zero attached hydrogens (tertiary/aromatic N) is 4. The Morgan fingerprint density at radius 3 is 2.83 bits per heavy atom. The number of hydrogen-bond acceptors (Lipinski definition) is 4. The van der Waals surface area contributed by atoms with Gasteiger partial charge in [-0.1, -0.05) is 0 Å². The number of nitrogens with one attached hydrogen (secondary N) is 1. The van der Waals surface area contributed by atoms with Crippen molar-refractivity contribution in [3.05, 3.63) is 18.2 Å². The molecule has 1 aliphatic rings. The average Bonchev–Trinajstić information content (AvgIpc) is 2.76. The molecule has 0 aliphatic carbocycles. The Hall–Kier alpha value is -1.40. The van der Waals surface area contributed by atoms with E-state index in [2.05, 4.69) is 15.2 Å². The van der Waals surface area contributed by atoms with Gasteiger partial charge in [-0.15, -0.1) is 0 Å². The molecule has 0 bridgehead atoms. The molecular formula is C12H21N5O. The van der Waals surface area contributed by atoms with Crippen molar-refractivity contribution in [1.82, 2.24) is 24.7 Å². The maximum absolute atomic E-state index is 12.1. The van der Waals surface area contributed by atoms with Gasteiger partial charge in [-0.05, 0) is 0 Å².